The summed E-state index contributed by atoms with van der Waals surface area (Å²) in [5.41, 5.74) is 1.21. The second kappa shape index (κ2) is 6.64. The summed E-state index contributed by atoms with van der Waals surface area (Å²) in [6.45, 7) is 5.43. The summed E-state index contributed by atoms with van der Waals surface area (Å²) in [6.07, 6.45) is 0. The fraction of sp³-hybridized carbons (Fsp3) is 0.333. The Kier molecular flexibility index (Phi) is 4.88. The third kappa shape index (κ3) is 4.01. The topological polar surface area (TPSA) is 34.4 Å². The highest BCUT2D eigenvalue weighted by Crippen LogP contribution is 2.19. The van der Waals surface area contributed by atoms with Crippen molar-refractivity contribution in [1.82, 2.24) is 5.32 Å². The molecule has 0 aliphatic heterocycles. The molecule has 3 nitrogen and oxygen atoms in total. The van der Waals surface area contributed by atoms with Gasteiger partial charge in [0, 0.05) is 6.04 Å². The standard InChI is InChI=1S/C15H18ClNO2/c1-3-18-13-6-4-12(5-7-13)11(2)17-10-14-8-9-15(16)19-14/h4-9,11,17H,3,10H2,1-2H3/t11-/m0/s1. The Morgan fingerprint density at radius 3 is 2.53 bits per heavy atom. The number of hydrogen-bond donors (Lipinski definition) is 1. The molecule has 1 heterocycles. The van der Waals surface area contributed by atoms with Crippen molar-refractivity contribution >= 4 is 11.6 Å². The minimum atomic E-state index is 0.236. The van der Waals surface area contributed by atoms with Gasteiger partial charge in [-0.05, 0) is 55.3 Å². The van der Waals surface area contributed by atoms with Crippen LogP contribution in [0.1, 0.15) is 31.2 Å². The summed E-state index contributed by atoms with van der Waals surface area (Å²) in [5, 5.41) is 3.81. The molecule has 0 amide bonds. The predicted octanol–water partition coefficient (Wildman–Crippen LogP) is 4.18. The van der Waals surface area contributed by atoms with Gasteiger partial charge in [0.25, 0.3) is 0 Å². The molecule has 1 aromatic heterocycles. The Labute approximate surface area is 118 Å². The highest BCUT2D eigenvalue weighted by Gasteiger charge is 2.06. The van der Waals surface area contributed by atoms with Crippen LogP contribution >= 0.6 is 11.6 Å². The minimum Gasteiger partial charge on any atom is -0.494 e. The molecule has 0 saturated carbocycles. The van der Waals surface area contributed by atoms with Crippen molar-refractivity contribution in [2.45, 2.75) is 26.4 Å². The van der Waals surface area contributed by atoms with E-state index in [4.69, 9.17) is 20.8 Å². The normalized spacial score (nSPS) is 12.4. The first-order valence-corrected chi connectivity index (χ1v) is 6.77. The third-order valence-electron chi connectivity index (χ3n) is 2.90. The van der Waals surface area contributed by atoms with E-state index < -0.39 is 0 Å². The molecule has 102 valence electrons. The molecule has 0 saturated heterocycles. The predicted molar refractivity (Wildman–Crippen MR) is 76.6 cm³/mol. The summed E-state index contributed by atoms with van der Waals surface area (Å²) >= 11 is 5.73. The smallest absolute Gasteiger partial charge is 0.193 e. The van der Waals surface area contributed by atoms with Gasteiger partial charge in [0.2, 0.25) is 0 Å². The zero-order valence-electron chi connectivity index (χ0n) is 11.2. The van der Waals surface area contributed by atoms with Crippen LogP contribution in [-0.2, 0) is 6.54 Å². The van der Waals surface area contributed by atoms with E-state index in [2.05, 4.69) is 24.4 Å². The molecule has 0 spiro atoms. The number of nitrogens with one attached hydrogen (secondary N) is 1. The summed E-state index contributed by atoms with van der Waals surface area (Å²) < 4.78 is 10.7. The molecule has 0 unspecified atom stereocenters. The summed E-state index contributed by atoms with van der Waals surface area (Å²) in [6, 6.07) is 12.0. The second-order valence-corrected chi connectivity index (χ2v) is 4.68. The Morgan fingerprint density at radius 2 is 1.95 bits per heavy atom. The molecule has 0 radical (unpaired) electrons. The first-order valence-electron chi connectivity index (χ1n) is 6.39. The van der Waals surface area contributed by atoms with E-state index in [0.29, 0.717) is 18.4 Å². The second-order valence-electron chi connectivity index (χ2n) is 4.31. The van der Waals surface area contributed by atoms with Gasteiger partial charge >= 0.3 is 0 Å². The summed E-state index contributed by atoms with van der Waals surface area (Å²) in [7, 11) is 0. The number of benzene rings is 1. The van der Waals surface area contributed by atoms with Gasteiger partial charge in [0.05, 0.1) is 13.2 Å². The number of furan rings is 1. The van der Waals surface area contributed by atoms with Gasteiger partial charge in [-0.15, -0.1) is 0 Å². The van der Waals surface area contributed by atoms with Crippen LogP contribution in [0, 0.1) is 0 Å². The molecule has 0 bridgehead atoms. The fourth-order valence-electron chi connectivity index (χ4n) is 1.84. The van der Waals surface area contributed by atoms with Gasteiger partial charge in [-0.1, -0.05) is 12.1 Å². The van der Waals surface area contributed by atoms with Gasteiger partial charge in [-0.3, -0.25) is 0 Å². The quantitative estimate of drug-likeness (QED) is 0.861. The molecular weight excluding hydrogens is 262 g/mol. The van der Waals surface area contributed by atoms with E-state index in [1.165, 1.54) is 5.56 Å². The van der Waals surface area contributed by atoms with Crippen LogP contribution in [-0.4, -0.2) is 6.61 Å². The van der Waals surface area contributed by atoms with Crippen molar-refractivity contribution in [2.75, 3.05) is 6.61 Å². The van der Waals surface area contributed by atoms with Gasteiger partial charge in [0.15, 0.2) is 5.22 Å². The fourth-order valence-corrected chi connectivity index (χ4v) is 2.00. The van der Waals surface area contributed by atoms with E-state index in [1.54, 1.807) is 6.07 Å². The SMILES string of the molecule is CCOc1ccc([C@H](C)NCc2ccc(Cl)o2)cc1. The highest BCUT2D eigenvalue weighted by atomic mass is 35.5. The van der Waals surface area contributed by atoms with Gasteiger partial charge in [-0.25, -0.2) is 0 Å². The van der Waals surface area contributed by atoms with Crippen LogP contribution in [0.3, 0.4) is 0 Å². The van der Waals surface area contributed by atoms with Crippen molar-refractivity contribution in [3.8, 4) is 5.75 Å². The molecular formula is C15H18ClNO2. The van der Waals surface area contributed by atoms with Crippen molar-refractivity contribution in [2.24, 2.45) is 0 Å². The summed E-state index contributed by atoms with van der Waals surface area (Å²) in [5.74, 6) is 1.74. The van der Waals surface area contributed by atoms with Crippen molar-refractivity contribution in [3.63, 3.8) is 0 Å². The minimum absolute atomic E-state index is 0.236. The highest BCUT2D eigenvalue weighted by molar-refractivity contribution is 6.28. The van der Waals surface area contributed by atoms with E-state index >= 15 is 0 Å². The largest absolute Gasteiger partial charge is 0.494 e. The van der Waals surface area contributed by atoms with E-state index in [9.17, 15) is 0 Å². The van der Waals surface area contributed by atoms with Crippen LogP contribution < -0.4 is 10.1 Å². The molecule has 1 N–H and O–H groups in total. The van der Waals surface area contributed by atoms with E-state index in [0.717, 1.165) is 11.5 Å². The maximum atomic E-state index is 5.73. The maximum Gasteiger partial charge on any atom is 0.193 e. The lowest BCUT2D eigenvalue weighted by Crippen LogP contribution is -2.17. The van der Waals surface area contributed by atoms with Gasteiger partial charge < -0.3 is 14.5 Å². The van der Waals surface area contributed by atoms with Crippen LogP contribution in [0.2, 0.25) is 5.22 Å². The van der Waals surface area contributed by atoms with Crippen molar-refractivity contribution < 1.29 is 9.15 Å². The van der Waals surface area contributed by atoms with Crippen LogP contribution in [0.4, 0.5) is 0 Å². The van der Waals surface area contributed by atoms with Crippen molar-refractivity contribution in [1.29, 1.82) is 0 Å². The van der Waals surface area contributed by atoms with E-state index in [1.807, 2.05) is 25.1 Å². The number of halogens is 1. The van der Waals surface area contributed by atoms with Crippen LogP contribution in [0.25, 0.3) is 0 Å². The average molecular weight is 280 g/mol. The molecule has 2 rings (SSSR count). The van der Waals surface area contributed by atoms with Crippen LogP contribution in [0.5, 0.6) is 5.75 Å². The molecule has 0 aliphatic carbocycles. The van der Waals surface area contributed by atoms with Gasteiger partial charge in [-0.2, -0.15) is 0 Å². The van der Waals surface area contributed by atoms with Crippen molar-refractivity contribution in [3.05, 3.63) is 52.9 Å². The monoisotopic (exact) mass is 279 g/mol. The molecule has 0 aliphatic rings. The first-order chi connectivity index (χ1) is 9.19. The third-order valence-corrected chi connectivity index (χ3v) is 3.11. The Bertz CT molecular complexity index is 507. The molecule has 1 atom stereocenters. The molecule has 4 heteroatoms. The number of ether oxygens (including phenoxy) is 1. The lowest BCUT2D eigenvalue weighted by Gasteiger charge is -2.14. The molecule has 19 heavy (non-hydrogen) atoms. The van der Waals surface area contributed by atoms with Gasteiger partial charge in [0.1, 0.15) is 11.5 Å². The number of rotatable bonds is 6. The number of hydrogen-bond acceptors (Lipinski definition) is 3. The molecule has 0 fully saturated rings. The average Bonchev–Trinajstić information content (AvgIpc) is 2.83. The Morgan fingerprint density at radius 1 is 1.21 bits per heavy atom. The van der Waals surface area contributed by atoms with E-state index in [-0.39, 0.29) is 6.04 Å². The van der Waals surface area contributed by atoms with Crippen LogP contribution in [0.15, 0.2) is 40.8 Å². The maximum absolute atomic E-state index is 5.73. The molecule has 2 aromatic rings. The first kappa shape index (κ1) is 14.0. The Hall–Kier alpha value is -1.45. The lowest BCUT2D eigenvalue weighted by molar-refractivity contribution is 0.340. The zero-order chi connectivity index (χ0) is 13.7. The summed E-state index contributed by atoms with van der Waals surface area (Å²) in [4.78, 5) is 0. The molecule has 1 aromatic carbocycles. The Balaban J connectivity index is 1.90. The zero-order valence-corrected chi connectivity index (χ0v) is 11.9. The lowest BCUT2D eigenvalue weighted by atomic mass is 10.1.